The molecule has 116 valence electrons. The number of hydrogen-bond donors (Lipinski definition) is 0. The van der Waals surface area contributed by atoms with Crippen molar-refractivity contribution >= 4 is 5.91 Å². The quantitative estimate of drug-likeness (QED) is 0.805. The molecule has 0 bridgehead atoms. The second-order valence-corrected chi connectivity index (χ2v) is 6.04. The Bertz CT molecular complexity index is 432. The molecular formula is C18H27NO2. The van der Waals surface area contributed by atoms with Gasteiger partial charge in [-0.3, -0.25) is 4.79 Å². The van der Waals surface area contributed by atoms with Crippen LogP contribution in [0.15, 0.2) is 30.3 Å². The Labute approximate surface area is 128 Å². The molecule has 1 heterocycles. The molecule has 2 rings (SSSR count). The molecule has 21 heavy (non-hydrogen) atoms. The zero-order valence-electron chi connectivity index (χ0n) is 13.3. The molecule has 1 saturated heterocycles. The van der Waals surface area contributed by atoms with Gasteiger partial charge >= 0.3 is 0 Å². The SMILES string of the molecule is CCOCC1CCCN(C(=O)C(C)Cc2ccccc2)C1. The summed E-state index contributed by atoms with van der Waals surface area (Å²) in [5.41, 5.74) is 1.24. The predicted octanol–water partition coefficient (Wildman–Crippen LogP) is 3.14. The minimum absolute atomic E-state index is 0.0539. The van der Waals surface area contributed by atoms with Gasteiger partial charge in [0.15, 0.2) is 0 Å². The van der Waals surface area contributed by atoms with E-state index in [4.69, 9.17) is 4.74 Å². The molecule has 1 aromatic rings. The molecular weight excluding hydrogens is 262 g/mol. The van der Waals surface area contributed by atoms with E-state index in [2.05, 4.69) is 12.1 Å². The predicted molar refractivity (Wildman–Crippen MR) is 85.1 cm³/mol. The molecule has 0 spiro atoms. The van der Waals surface area contributed by atoms with Crippen molar-refractivity contribution in [3.8, 4) is 0 Å². The first-order valence-corrected chi connectivity index (χ1v) is 8.11. The highest BCUT2D eigenvalue weighted by molar-refractivity contribution is 5.78. The Morgan fingerprint density at radius 3 is 2.86 bits per heavy atom. The van der Waals surface area contributed by atoms with Crippen LogP contribution in [-0.4, -0.2) is 37.1 Å². The molecule has 3 nitrogen and oxygen atoms in total. The normalized spacial score (nSPS) is 20.3. The van der Waals surface area contributed by atoms with E-state index in [0.717, 1.165) is 39.1 Å². The second-order valence-electron chi connectivity index (χ2n) is 6.04. The zero-order valence-corrected chi connectivity index (χ0v) is 13.3. The highest BCUT2D eigenvalue weighted by Gasteiger charge is 2.26. The van der Waals surface area contributed by atoms with Crippen molar-refractivity contribution in [1.29, 1.82) is 0 Å². The first kappa shape index (κ1) is 16.0. The Balaban J connectivity index is 1.86. The topological polar surface area (TPSA) is 29.5 Å². The lowest BCUT2D eigenvalue weighted by Crippen LogP contribution is -2.43. The smallest absolute Gasteiger partial charge is 0.225 e. The summed E-state index contributed by atoms with van der Waals surface area (Å²) >= 11 is 0. The molecule has 1 amide bonds. The lowest BCUT2D eigenvalue weighted by atomic mass is 9.95. The van der Waals surface area contributed by atoms with Gasteiger partial charge in [0.05, 0.1) is 6.61 Å². The van der Waals surface area contributed by atoms with Crippen molar-refractivity contribution in [1.82, 2.24) is 4.90 Å². The van der Waals surface area contributed by atoms with Gasteiger partial charge in [-0.15, -0.1) is 0 Å². The highest BCUT2D eigenvalue weighted by atomic mass is 16.5. The van der Waals surface area contributed by atoms with Gasteiger partial charge in [0.2, 0.25) is 5.91 Å². The molecule has 0 aliphatic carbocycles. The number of piperidine rings is 1. The average Bonchev–Trinajstić information content (AvgIpc) is 2.53. The number of benzene rings is 1. The third kappa shape index (κ3) is 4.85. The van der Waals surface area contributed by atoms with Crippen LogP contribution in [-0.2, 0) is 16.0 Å². The highest BCUT2D eigenvalue weighted by Crippen LogP contribution is 2.20. The monoisotopic (exact) mass is 289 g/mol. The van der Waals surface area contributed by atoms with Crippen LogP contribution in [0.3, 0.4) is 0 Å². The van der Waals surface area contributed by atoms with Crippen LogP contribution in [0, 0.1) is 11.8 Å². The molecule has 2 atom stereocenters. The van der Waals surface area contributed by atoms with Crippen LogP contribution >= 0.6 is 0 Å². The number of hydrogen-bond acceptors (Lipinski definition) is 2. The molecule has 2 unspecified atom stereocenters. The fraction of sp³-hybridized carbons (Fsp3) is 0.611. The van der Waals surface area contributed by atoms with Crippen LogP contribution in [0.5, 0.6) is 0 Å². The molecule has 0 radical (unpaired) electrons. The summed E-state index contributed by atoms with van der Waals surface area (Å²) in [6.07, 6.45) is 3.10. The fourth-order valence-electron chi connectivity index (χ4n) is 3.05. The minimum atomic E-state index is 0.0539. The third-order valence-corrected chi connectivity index (χ3v) is 4.19. The number of carbonyl (C=O) groups is 1. The summed E-state index contributed by atoms with van der Waals surface area (Å²) in [6, 6.07) is 10.3. The Morgan fingerprint density at radius 2 is 2.14 bits per heavy atom. The number of carbonyl (C=O) groups excluding carboxylic acids is 1. The average molecular weight is 289 g/mol. The third-order valence-electron chi connectivity index (χ3n) is 4.19. The van der Waals surface area contributed by atoms with Crippen molar-refractivity contribution in [3.63, 3.8) is 0 Å². The lowest BCUT2D eigenvalue weighted by molar-refractivity contribution is -0.137. The van der Waals surface area contributed by atoms with E-state index in [-0.39, 0.29) is 5.92 Å². The van der Waals surface area contributed by atoms with E-state index in [1.54, 1.807) is 0 Å². The molecule has 0 N–H and O–H groups in total. The number of nitrogens with zero attached hydrogens (tertiary/aromatic N) is 1. The van der Waals surface area contributed by atoms with Crippen molar-refractivity contribution in [2.45, 2.75) is 33.1 Å². The summed E-state index contributed by atoms with van der Waals surface area (Å²) in [7, 11) is 0. The van der Waals surface area contributed by atoms with Crippen LogP contribution in [0.25, 0.3) is 0 Å². The van der Waals surface area contributed by atoms with E-state index < -0.39 is 0 Å². The summed E-state index contributed by atoms with van der Waals surface area (Å²) in [5.74, 6) is 0.852. The van der Waals surface area contributed by atoms with Crippen LogP contribution in [0.2, 0.25) is 0 Å². The first-order valence-electron chi connectivity index (χ1n) is 8.11. The molecule has 0 aromatic heterocycles. The van der Waals surface area contributed by atoms with Crippen molar-refractivity contribution in [3.05, 3.63) is 35.9 Å². The molecule has 1 aromatic carbocycles. The Hall–Kier alpha value is -1.35. The number of ether oxygens (including phenoxy) is 1. The molecule has 1 aliphatic rings. The van der Waals surface area contributed by atoms with Gasteiger partial charge in [-0.25, -0.2) is 0 Å². The Kier molecular flexibility index (Phi) is 6.24. The molecule has 1 aliphatic heterocycles. The Morgan fingerprint density at radius 1 is 1.38 bits per heavy atom. The van der Waals surface area contributed by atoms with Crippen LogP contribution in [0.4, 0.5) is 0 Å². The number of rotatable bonds is 6. The zero-order chi connectivity index (χ0) is 15.1. The van der Waals surface area contributed by atoms with E-state index in [1.165, 1.54) is 12.0 Å². The second kappa shape index (κ2) is 8.18. The minimum Gasteiger partial charge on any atom is -0.381 e. The largest absolute Gasteiger partial charge is 0.381 e. The van der Waals surface area contributed by atoms with Crippen molar-refractivity contribution in [2.24, 2.45) is 11.8 Å². The van der Waals surface area contributed by atoms with Gasteiger partial charge in [0.25, 0.3) is 0 Å². The summed E-state index contributed by atoms with van der Waals surface area (Å²) in [5, 5.41) is 0. The summed E-state index contributed by atoms with van der Waals surface area (Å²) in [4.78, 5) is 14.6. The maximum atomic E-state index is 12.6. The summed E-state index contributed by atoms with van der Waals surface area (Å²) < 4.78 is 5.52. The maximum Gasteiger partial charge on any atom is 0.225 e. The standard InChI is InChI=1S/C18H27NO2/c1-3-21-14-17-10-7-11-19(13-17)18(20)15(2)12-16-8-5-4-6-9-16/h4-6,8-9,15,17H,3,7,10-14H2,1-2H3. The van der Waals surface area contributed by atoms with Gasteiger partial charge in [-0.1, -0.05) is 37.3 Å². The molecule has 1 fully saturated rings. The fourth-order valence-corrected chi connectivity index (χ4v) is 3.05. The van der Waals surface area contributed by atoms with E-state index >= 15 is 0 Å². The maximum absolute atomic E-state index is 12.6. The van der Waals surface area contributed by atoms with E-state index in [1.807, 2.05) is 36.9 Å². The van der Waals surface area contributed by atoms with Gasteiger partial charge in [0.1, 0.15) is 0 Å². The van der Waals surface area contributed by atoms with Gasteiger partial charge in [-0.05, 0) is 37.7 Å². The van der Waals surface area contributed by atoms with Crippen molar-refractivity contribution in [2.75, 3.05) is 26.3 Å². The van der Waals surface area contributed by atoms with E-state index in [9.17, 15) is 4.79 Å². The molecule has 3 heteroatoms. The van der Waals surface area contributed by atoms with Crippen LogP contribution in [0.1, 0.15) is 32.3 Å². The van der Waals surface area contributed by atoms with Gasteiger partial charge in [-0.2, -0.15) is 0 Å². The van der Waals surface area contributed by atoms with Crippen molar-refractivity contribution < 1.29 is 9.53 Å². The lowest BCUT2D eigenvalue weighted by Gasteiger charge is -2.34. The number of amides is 1. The van der Waals surface area contributed by atoms with Gasteiger partial charge < -0.3 is 9.64 Å². The van der Waals surface area contributed by atoms with Gasteiger partial charge in [0, 0.05) is 25.6 Å². The first-order chi connectivity index (χ1) is 10.2. The van der Waals surface area contributed by atoms with Crippen LogP contribution < -0.4 is 0 Å². The number of likely N-dealkylation sites (tertiary alicyclic amines) is 1. The van der Waals surface area contributed by atoms with E-state index in [0.29, 0.717) is 11.8 Å². The molecule has 0 saturated carbocycles. The summed E-state index contributed by atoms with van der Waals surface area (Å²) in [6.45, 7) is 7.37.